The van der Waals surface area contributed by atoms with Crippen molar-refractivity contribution >= 4 is 11.8 Å². The van der Waals surface area contributed by atoms with Crippen molar-refractivity contribution in [2.45, 2.75) is 78.2 Å². The summed E-state index contributed by atoms with van der Waals surface area (Å²) >= 11 is 0. The van der Waals surface area contributed by atoms with Crippen molar-refractivity contribution in [3.8, 4) is 5.75 Å². The van der Waals surface area contributed by atoms with E-state index in [1.54, 1.807) is 0 Å². The molecule has 31 heavy (non-hydrogen) atoms. The van der Waals surface area contributed by atoms with Crippen LogP contribution in [0.2, 0.25) is 0 Å². The molecule has 0 spiro atoms. The first-order valence-electron chi connectivity index (χ1n) is 12.3. The van der Waals surface area contributed by atoms with Crippen molar-refractivity contribution in [2.75, 3.05) is 26.2 Å². The van der Waals surface area contributed by atoms with Gasteiger partial charge in [0.15, 0.2) is 0 Å². The molecule has 1 saturated carbocycles. The van der Waals surface area contributed by atoms with Crippen LogP contribution in [0.4, 0.5) is 0 Å². The fraction of sp³-hybridized carbons (Fsp3) is 0.692. The highest BCUT2D eigenvalue weighted by atomic mass is 16.5. The third kappa shape index (κ3) is 6.47. The molecule has 1 aromatic carbocycles. The van der Waals surface area contributed by atoms with Gasteiger partial charge in [0.2, 0.25) is 5.91 Å². The van der Waals surface area contributed by atoms with E-state index < -0.39 is 0 Å². The van der Waals surface area contributed by atoms with E-state index >= 15 is 0 Å². The summed E-state index contributed by atoms with van der Waals surface area (Å²) in [6, 6.07) is 7.57. The summed E-state index contributed by atoms with van der Waals surface area (Å²) in [6.07, 6.45) is 8.28. The van der Waals surface area contributed by atoms with Crippen LogP contribution in [-0.2, 0) is 4.79 Å². The number of amides is 2. The van der Waals surface area contributed by atoms with Gasteiger partial charge in [-0.05, 0) is 56.6 Å². The van der Waals surface area contributed by atoms with Gasteiger partial charge < -0.3 is 14.5 Å². The Kier molecular flexibility index (Phi) is 8.79. The number of carbonyl (C=O) groups is 2. The van der Waals surface area contributed by atoms with Crippen LogP contribution >= 0.6 is 0 Å². The monoisotopic (exact) mass is 428 g/mol. The first kappa shape index (κ1) is 23.6. The minimum absolute atomic E-state index is 0.0347. The lowest BCUT2D eigenvalue weighted by Gasteiger charge is -2.35. The third-order valence-corrected chi connectivity index (χ3v) is 6.79. The second-order valence-electron chi connectivity index (χ2n) is 9.61. The van der Waals surface area contributed by atoms with Crippen LogP contribution in [0.15, 0.2) is 24.3 Å². The highest BCUT2D eigenvalue weighted by molar-refractivity contribution is 5.96. The van der Waals surface area contributed by atoms with Gasteiger partial charge in [-0.25, -0.2) is 0 Å². The van der Waals surface area contributed by atoms with Crippen LogP contribution in [0.3, 0.4) is 0 Å². The zero-order chi connectivity index (χ0) is 22.2. The van der Waals surface area contributed by atoms with Crippen LogP contribution < -0.4 is 4.74 Å². The number of hydrogen-bond acceptors (Lipinski definition) is 3. The summed E-state index contributed by atoms with van der Waals surface area (Å²) in [4.78, 5) is 30.3. The molecule has 0 aromatic heterocycles. The molecule has 3 rings (SSSR count). The summed E-state index contributed by atoms with van der Waals surface area (Å²) in [6.45, 7) is 8.98. The summed E-state index contributed by atoms with van der Waals surface area (Å²) in [5.74, 6) is 2.15. The molecule has 0 radical (unpaired) electrons. The molecule has 0 unspecified atom stereocenters. The molecular weight excluding hydrogens is 388 g/mol. The van der Waals surface area contributed by atoms with Crippen LogP contribution in [0.1, 0.15) is 82.5 Å². The number of hydrogen-bond donors (Lipinski definition) is 0. The first-order chi connectivity index (χ1) is 15.0. The number of benzene rings is 1. The summed E-state index contributed by atoms with van der Waals surface area (Å²) in [5, 5.41) is 0. The Balaban J connectivity index is 1.80. The van der Waals surface area contributed by atoms with Crippen molar-refractivity contribution in [3.05, 3.63) is 29.8 Å². The predicted molar refractivity (Wildman–Crippen MR) is 124 cm³/mol. The molecule has 2 aliphatic rings. The molecule has 1 aliphatic carbocycles. The van der Waals surface area contributed by atoms with Gasteiger partial charge in [0.05, 0.1) is 11.6 Å². The topological polar surface area (TPSA) is 49.9 Å². The van der Waals surface area contributed by atoms with E-state index in [2.05, 4.69) is 18.7 Å². The molecule has 1 heterocycles. The number of fused-ring (bicyclic) bond motifs is 1. The molecule has 1 aromatic rings. The van der Waals surface area contributed by atoms with E-state index in [0.717, 1.165) is 38.1 Å². The fourth-order valence-corrected chi connectivity index (χ4v) is 4.71. The minimum Gasteiger partial charge on any atom is -0.491 e. The Bertz CT molecular complexity index is 729. The second kappa shape index (κ2) is 11.5. The largest absolute Gasteiger partial charge is 0.491 e. The summed E-state index contributed by atoms with van der Waals surface area (Å²) in [7, 11) is 0. The molecule has 172 valence electrons. The standard InChI is InChI=1S/C26H40N2O3/c1-4-27-16-7-8-17-28(25(29)15-14-21-10-9-11-21)22(18-20(2)3)19-31-24-13-6-5-12-23(24)26(27)30/h5-6,12-13,20-22H,4,7-11,14-19H2,1-3H3/t22-/m0/s1. The predicted octanol–water partition coefficient (Wildman–Crippen LogP) is 5.14. The number of rotatable bonds is 6. The molecule has 1 aliphatic heterocycles. The number of ether oxygens (including phenoxy) is 1. The van der Waals surface area contributed by atoms with Gasteiger partial charge >= 0.3 is 0 Å². The number of nitrogens with zero attached hydrogens (tertiary/aromatic N) is 2. The van der Waals surface area contributed by atoms with Gasteiger partial charge in [-0.15, -0.1) is 0 Å². The normalized spacial score (nSPS) is 21.0. The van der Waals surface area contributed by atoms with E-state index in [4.69, 9.17) is 4.74 Å². The van der Waals surface area contributed by atoms with Crippen molar-refractivity contribution in [2.24, 2.45) is 11.8 Å². The van der Waals surface area contributed by atoms with Crippen molar-refractivity contribution < 1.29 is 14.3 Å². The van der Waals surface area contributed by atoms with E-state index in [1.165, 1.54) is 19.3 Å². The maximum atomic E-state index is 13.3. The van der Waals surface area contributed by atoms with Crippen molar-refractivity contribution in [1.82, 2.24) is 9.80 Å². The summed E-state index contributed by atoms with van der Waals surface area (Å²) in [5.41, 5.74) is 0.621. The molecule has 1 atom stereocenters. The van der Waals surface area contributed by atoms with Crippen molar-refractivity contribution in [1.29, 1.82) is 0 Å². The highest BCUT2D eigenvalue weighted by Crippen LogP contribution is 2.31. The lowest BCUT2D eigenvalue weighted by Crippen LogP contribution is -2.45. The Morgan fingerprint density at radius 2 is 1.87 bits per heavy atom. The van der Waals surface area contributed by atoms with Gasteiger partial charge in [0.25, 0.3) is 5.91 Å². The fourth-order valence-electron chi connectivity index (χ4n) is 4.71. The molecule has 2 amide bonds. The van der Waals surface area contributed by atoms with Crippen LogP contribution in [0.25, 0.3) is 0 Å². The van der Waals surface area contributed by atoms with Gasteiger partial charge in [-0.1, -0.05) is 45.2 Å². The number of para-hydroxylation sites is 1. The molecular formula is C26H40N2O3. The lowest BCUT2D eigenvalue weighted by atomic mass is 9.82. The van der Waals surface area contributed by atoms with Crippen LogP contribution in [0, 0.1) is 11.8 Å². The van der Waals surface area contributed by atoms with Gasteiger partial charge in [-0.2, -0.15) is 0 Å². The van der Waals surface area contributed by atoms with E-state index in [0.29, 0.717) is 43.3 Å². The smallest absolute Gasteiger partial charge is 0.257 e. The average Bonchev–Trinajstić information content (AvgIpc) is 2.71. The molecule has 5 heteroatoms. The molecule has 5 nitrogen and oxygen atoms in total. The summed E-state index contributed by atoms with van der Waals surface area (Å²) < 4.78 is 6.23. The average molecular weight is 429 g/mol. The van der Waals surface area contributed by atoms with Gasteiger partial charge in [-0.3, -0.25) is 9.59 Å². The zero-order valence-corrected chi connectivity index (χ0v) is 19.6. The van der Waals surface area contributed by atoms with E-state index in [9.17, 15) is 9.59 Å². The second-order valence-corrected chi connectivity index (χ2v) is 9.61. The maximum absolute atomic E-state index is 13.3. The first-order valence-corrected chi connectivity index (χ1v) is 12.3. The van der Waals surface area contributed by atoms with E-state index in [-0.39, 0.29) is 17.9 Å². The lowest BCUT2D eigenvalue weighted by molar-refractivity contribution is -0.135. The Hall–Kier alpha value is -2.04. The molecule has 0 bridgehead atoms. The zero-order valence-electron chi connectivity index (χ0n) is 19.6. The minimum atomic E-state index is 0.0347. The number of carbonyl (C=O) groups excluding carboxylic acids is 2. The van der Waals surface area contributed by atoms with Crippen LogP contribution in [-0.4, -0.2) is 53.9 Å². The Morgan fingerprint density at radius 3 is 2.55 bits per heavy atom. The van der Waals surface area contributed by atoms with Crippen LogP contribution in [0.5, 0.6) is 5.75 Å². The Morgan fingerprint density at radius 1 is 1.13 bits per heavy atom. The molecule has 0 N–H and O–H groups in total. The quantitative estimate of drug-likeness (QED) is 0.630. The third-order valence-electron chi connectivity index (χ3n) is 6.79. The molecule has 1 fully saturated rings. The molecule has 0 saturated heterocycles. The SMILES string of the molecule is CCN1CCCCN(C(=O)CCC2CCC2)[C@@H](CC(C)C)COc2ccccc2C1=O. The van der Waals surface area contributed by atoms with Crippen molar-refractivity contribution in [3.63, 3.8) is 0 Å². The Labute approximate surface area is 188 Å². The maximum Gasteiger partial charge on any atom is 0.257 e. The van der Waals surface area contributed by atoms with Gasteiger partial charge in [0, 0.05) is 26.1 Å². The van der Waals surface area contributed by atoms with Gasteiger partial charge in [0.1, 0.15) is 12.4 Å². The highest BCUT2D eigenvalue weighted by Gasteiger charge is 2.28. The van der Waals surface area contributed by atoms with E-state index in [1.807, 2.05) is 36.1 Å².